The van der Waals surface area contributed by atoms with Gasteiger partial charge in [0.15, 0.2) is 0 Å². The van der Waals surface area contributed by atoms with Crippen molar-refractivity contribution in [3.8, 4) is 0 Å². The van der Waals surface area contributed by atoms with Crippen molar-refractivity contribution in [1.29, 1.82) is 0 Å². The number of hydrogen-bond donors (Lipinski definition) is 2. The first-order valence-electron chi connectivity index (χ1n) is 7.18. The van der Waals surface area contributed by atoms with Crippen molar-refractivity contribution in [1.82, 2.24) is 14.9 Å². The van der Waals surface area contributed by atoms with Crippen LogP contribution >= 0.6 is 11.6 Å². The summed E-state index contributed by atoms with van der Waals surface area (Å²) in [5.41, 5.74) is 0.891. The van der Waals surface area contributed by atoms with Gasteiger partial charge in [0.05, 0.1) is 5.02 Å². The van der Waals surface area contributed by atoms with E-state index in [1.54, 1.807) is 12.1 Å². The lowest BCUT2D eigenvalue weighted by Crippen LogP contribution is -2.33. The van der Waals surface area contributed by atoms with Crippen LogP contribution in [0.5, 0.6) is 0 Å². The van der Waals surface area contributed by atoms with Crippen LogP contribution in [0.3, 0.4) is 0 Å². The van der Waals surface area contributed by atoms with Crippen LogP contribution in [-0.2, 0) is 16.6 Å². The lowest BCUT2D eigenvalue weighted by atomic mass is 10.2. The number of benzene rings is 1. The summed E-state index contributed by atoms with van der Waals surface area (Å²) in [5.74, 6) is 0. The third-order valence-electron chi connectivity index (χ3n) is 3.58. The largest absolute Gasteiger partial charge is 0.316 e. The van der Waals surface area contributed by atoms with Gasteiger partial charge in [-0.15, -0.1) is 0 Å². The molecule has 7 heteroatoms. The van der Waals surface area contributed by atoms with Crippen LogP contribution in [0.4, 0.5) is 0 Å². The predicted octanol–water partition coefficient (Wildman–Crippen LogP) is 1.43. The van der Waals surface area contributed by atoms with Crippen molar-refractivity contribution in [3.05, 3.63) is 28.8 Å². The van der Waals surface area contributed by atoms with Gasteiger partial charge in [-0.1, -0.05) is 17.7 Å². The normalized spacial score (nSPS) is 16.5. The van der Waals surface area contributed by atoms with Gasteiger partial charge in [0.1, 0.15) is 4.90 Å². The maximum absolute atomic E-state index is 12.3. The van der Waals surface area contributed by atoms with E-state index in [0.717, 1.165) is 25.2 Å². The summed E-state index contributed by atoms with van der Waals surface area (Å²) in [6, 6.07) is 5.07. The number of nitrogens with one attached hydrogen (secondary N) is 2. The second-order valence-electron chi connectivity index (χ2n) is 5.24. The molecule has 0 aromatic heterocycles. The molecule has 0 atom stereocenters. The van der Waals surface area contributed by atoms with Gasteiger partial charge in [0.2, 0.25) is 10.0 Å². The Bertz CT molecular complexity index is 572. The maximum atomic E-state index is 12.3. The molecule has 1 aromatic rings. The summed E-state index contributed by atoms with van der Waals surface area (Å²) >= 11 is 6.04. The topological polar surface area (TPSA) is 61.4 Å². The van der Waals surface area contributed by atoms with Crippen molar-refractivity contribution in [2.75, 3.05) is 33.2 Å². The van der Waals surface area contributed by atoms with Crippen molar-refractivity contribution >= 4 is 21.6 Å². The molecule has 2 rings (SSSR count). The van der Waals surface area contributed by atoms with Gasteiger partial charge in [-0.3, -0.25) is 0 Å². The minimum absolute atomic E-state index is 0.151. The molecular formula is C14H22ClN3O2S. The Hall–Kier alpha value is -0.660. The van der Waals surface area contributed by atoms with Crippen LogP contribution in [0.1, 0.15) is 18.4 Å². The van der Waals surface area contributed by atoms with E-state index in [2.05, 4.69) is 14.9 Å². The third-order valence-corrected chi connectivity index (χ3v) is 5.53. The first-order valence-corrected chi connectivity index (χ1v) is 9.04. The van der Waals surface area contributed by atoms with Crippen molar-refractivity contribution in [2.45, 2.75) is 24.3 Å². The van der Waals surface area contributed by atoms with E-state index in [1.165, 1.54) is 12.8 Å². The second-order valence-corrected chi connectivity index (χ2v) is 7.38. The molecule has 1 aliphatic rings. The van der Waals surface area contributed by atoms with E-state index < -0.39 is 10.0 Å². The van der Waals surface area contributed by atoms with Gasteiger partial charge >= 0.3 is 0 Å². The minimum Gasteiger partial charge on any atom is -0.316 e. The molecule has 2 N–H and O–H groups in total. The number of sulfonamides is 1. The molecule has 1 heterocycles. The number of nitrogens with zero attached hydrogens (tertiary/aromatic N) is 1. The summed E-state index contributed by atoms with van der Waals surface area (Å²) in [4.78, 5) is 2.42. The average Bonchev–Trinajstić information content (AvgIpc) is 2.94. The lowest BCUT2D eigenvalue weighted by Gasteiger charge is -2.15. The molecule has 1 aliphatic heterocycles. The van der Waals surface area contributed by atoms with Gasteiger partial charge in [-0.25, -0.2) is 13.1 Å². The van der Waals surface area contributed by atoms with Crippen molar-refractivity contribution in [3.63, 3.8) is 0 Å². The Kier molecular flexibility index (Phi) is 6.01. The van der Waals surface area contributed by atoms with E-state index in [4.69, 9.17) is 11.6 Å². The summed E-state index contributed by atoms with van der Waals surface area (Å²) < 4.78 is 27.3. The first kappa shape index (κ1) is 16.7. The zero-order valence-electron chi connectivity index (χ0n) is 12.2. The molecule has 1 saturated heterocycles. The Labute approximate surface area is 131 Å². The van der Waals surface area contributed by atoms with Gasteiger partial charge < -0.3 is 10.2 Å². The smallest absolute Gasteiger partial charge is 0.242 e. The maximum Gasteiger partial charge on any atom is 0.242 e. The molecule has 1 aromatic carbocycles. The highest BCUT2D eigenvalue weighted by Gasteiger charge is 2.19. The average molecular weight is 332 g/mol. The Morgan fingerprint density at radius 1 is 1.29 bits per heavy atom. The van der Waals surface area contributed by atoms with Crippen LogP contribution in [0.25, 0.3) is 0 Å². The second kappa shape index (κ2) is 7.56. The van der Waals surface area contributed by atoms with Crippen molar-refractivity contribution in [2.24, 2.45) is 0 Å². The van der Waals surface area contributed by atoms with E-state index in [-0.39, 0.29) is 9.92 Å². The van der Waals surface area contributed by atoms with Gasteiger partial charge in [-0.2, -0.15) is 0 Å². The Morgan fingerprint density at radius 3 is 2.67 bits per heavy atom. The highest BCUT2D eigenvalue weighted by atomic mass is 35.5. The summed E-state index contributed by atoms with van der Waals surface area (Å²) in [6.45, 7) is 3.87. The number of hydrogen-bond acceptors (Lipinski definition) is 4. The zero-order valence-corrected chi connectivity index (χ0v) is 13.8. The molecule has 0 aliphatic carbocycles. The van der Waals surface area contributed by atoms with Crippen LogP contribution < -0.4 is 10.0 Å². The van der Waals surface area contributed by atoms with Crippen molar-refractivity contribution < 1.29 is 8.42 Å². The summed E-state index contributed by atoms with van der Waals surface area (Å²) in [5, 5.41) is 3.25. The highest BCUT2D eigenvalue weighted by molar-refractivity contribution is 7.89. The van der Waals surface area contributed by atoms with E-state index in [1.807, 2.05) is 13.1 Å². The van der Waals surface area contributed by atoms with Crippen LogP contribution in [-0.4, -0.2) is 46.5 Å². The number of halogens is 1. The molecule has 0 radical (unpaired) electrons. The van der Waals surface area contributed by atoms with Crippen LogP contribution in [0.15, 0.2) is 23.1 Å². The SMILES string of the molecule is CNCc1ccc(Cl)c(S(=O)(=O)NCCN2CCCC2)c1. The van der Waals surface area contributed by atoms with Gasteiger partial charge in [-0.05, 0) is 50.7 Å². The number of likely N-dealkylation sites (tertiary alicyclic amines) is 1. The Balaban J connectivity index is 2.02. The first-order chi connectivity index (χ1) is 10.0. The molecule has 1 fully saturated rings. The molecule has 0 saturated carbocycles. The zero-order chi connectivity index (χ0) is 15.3. The minimum atomic E-state index is -3.56. The molecule has 5 nitrogen and oxygen atoms in total. The molecule has 21 heavy (non-hydrogen) atoms. The summed E-state index contributed by atoms with van der Waals surface area (Å²) in [6.07, 6.45) is 2.40. The fourth-order valence-corrected chi connectivity index (χ4v) is 4.06. The molecule has 0 amide bonds. The molecular weight excluding hydrogens is 310 g/mol. The summed E-state index contributed by atoms with van der Waals surface area (Å²) in [7, 11) is -1.74. The van der Waals surface area contributed by atoms with E-state index >= 15 is 0 Å². The highest BCUT2D eigenvalue weighted by Crippen LogP contribution is 2.22. The van der Waals surface area contributed by atoms with Gasteiger partial charge in [0.25, 0.3) is 0 Å². The predicted molar refractivity (Wildman–Crippen MR) is 85.1 cm³/mol. The van der Waals surface area contributed by atoms with Crippen LogP contribution in [0.2, 0.25) is 5.02 Å². The fourth-order valence-electron chi connectivity index (χ4n) is 2.49. The number of rotatable bonds is 7. The third kappa shape index (κ3) is 4.66. The fraction of sp³-hybridized carbons (Fsp3) is 0.571. The molecule has 0 unspecified atom stereocenters. The Morgan fingerprint density at radius 2 is 2.00 bits per heavy atom. The molecule has 0 bridgehead atoms. The lowest BCUT2D eigenvalue weighted by molar-refractivity contribution is 0.344. The molecule has 118 valence electrons. The molecule has 0 spiro atoms. The monoisotopic (exact) mass is 331 g/mol. The van der Waals surface area contributed by atoms with Gasteiger partial charge in [0, 0.05) is 19.6 Å². The quantitative estimate of drug-likeness (QED) is 0.793. The van der Waals surface area contributed by atoms with Crippen LogP contribution in [0, 0.1) is 0 Å². The standard InChI is InChI=1S/C14H22ClN3O2S/c1-16-11-12-4-5-13(15)14(10-12)21(19,20)17-6-9-18-7-2-3-8-18/h4-5,10,16-17H,2-3,6-9,11H2,1H3. The van der Waals surface area contributed by atoms with E-state index in [0.29, 0.717) is 13.1 Å². The van der Waals surface area contributed by atoms with E-state index in [9.17, 15) is 8.42 Å².